The third kappa shape index (κ3) is 2.79. The molecule has 1 heterocycles. The summed E-state index contributed by atoms with van der Waals surface area (Å²) < 4.78 is 10.3. The summed E-state index contributed by atoms with van der Waals surface area (Å²) >= 11 is 0. The first-order valence-electron chi connectivity index (χ1n) is 5.37. The number of aromatic carboxylic acids is 1. The Kier molecular flexibility index (Phi) is 3.47. The number of carbonyl (C=O) groups is 1. The third-order valence-electron chi connectivity index (χ3n) is 2.12. The molecule has 0 saturated heterocycles. The van der Waals surface area contributed by atoms with Gasteiger partial charge in [0.1, 0.15) is 12.0 Å². The Labute approximate surface area is 103 Å². The molecule has 0 atom stereocenters. The van der Waals surface area contributed by atoms with Gasteiger partial charge in [0.15, 0.2) is 5.69 Å². The smallest absolute Gasteiger partial charge is 0.357 e. The SMILES string of the molecule is CCOc1cccc(Nc2nc(C(=O)O)co2)c1. The molecule has 18 heavy (non-hydrogen) atoms. The number of carboxylic acid groups (broad SMARTS) is 1. The Bertz CT molecular complexity index is 551. The fourth-order valence-electron chi connectivity index (χ4n) is 1.38. The normalized spacial score (nSPS) is 10.1. The molecule has 0 aliphatic carbocycles. The molecular formula is C12H12N2O4. The van der Waals surface area contributed by atoms with Crippen LogP contribution in [-0.4, -0.2) is 22.7 Å². The van der Waals surface area contributed by atoms with E-state index in [1.165, 1.54) is 0 Å². The van der Waals surface area contributed by atoms with Crippen LogP contribution in [0.15, 0.2) is 34.9 Å². The molecule has 0 spiro atoms. The van der Waals surface area contributed by atoms with Crippen molar-refractivity contribution in [3.8, 4) is 5.75 Å². The van der Waals surface area contributed by atoms with Gasteiger partial charge in [0.05, 0.1) is 6.61 Å². The predicted octanol–water partition coefficient (Wildman–Crippen LogP) is 2.52. The maximum absolute atomic E-state index is 10.6. The minimum atomic E-state index is -1.13. The second-order valence-electron chi connectivity index (χ2n) is 3.43. The molecule has 6 nitrogen and oxygen atoms in total. The number of anilines is 2. The highest BCUT2D eigenvalue weighted by atomic mass is 16.5. The van der Waals surface area contributed by atoms with Gasteiger partial charge in [0.25, 0.3) is 6.01 Å². The van der Waals surface area contributed by atoms with Crippen LogP contribution >= 0.6 is 0 Å². The van der Waals surface area contributed by atoms with Gasteiger partial charge in [-0.15, -0.1) is 0 Å². The van der Waals surface area contributed by atoms with Crippen molar-refractivity contribution in [1.29, 1.82) is 0 Å². The lowest BCUT2D eigenvalue weighted by molar-refractivity contribution is 0.0690. The van der Waals surface area contributed by atoms with Crippen LogP contribution in [0.4, 0.5) is 11.7 Å². The first-order valence-corrected chi connectivity index (χ1v) is 5.37. The van der Waals surface area contributed by atoms with Crippen LogP contribution in [0.5, 0.6) is 5.75 Å². The Balaban J connectivity index is 2.12. The van der Waals surface area contributed by atoms with E-state index in [0.717, 1.165) is 6.26 Å². The van der Waals surface area contributed by atoms with Crippen LogP contribution in [-0.2, 0) is 0 Å². The van der Waals surface area contributed by atoms with Crippen LogP contribution in [0, 0.1) is 0 Å². The molecular weight excluding hydrogens is 236 g/mol. The molecule has 1 aromatic carbocycles. The second kappa shape index (κ2) is 5.22. The predicted molar refractivity (Wildman–Crippen MR) is 64.4 cm³/mol. The molecule has 2 rings (SSSR count). The third-order valence-corrected chi connectivity index (χ3v) is 2.12. The maximum atomic E-state index is 10.6. The summed E-state index contributed by atoms with van der Waals surface area (Å²) in [6, 6.07) is 7.34. The van der Waals surface area contributed by atoms with Crippen LogP contribution in [0.1, 0.15) is 17.4 Å². The molecule has 1 aromatic heterocycles. The number of nitrogens with one attached hydrogen (secondary N) is 1. The van der Waals surface area contributed by atoms with Crippen molar-refractivity contribution in [3.05, 3.63) is 36.2 Å². The quantitative estimate of drug-likeness (QED) is 0.845. The molecule has 0 aliphatic rings. The molecule has 0 fully saturated rings. The molecule has 0 bridgehead atoms. The first-order chi connectivity index (χ1) is 8.69. The summed E-state index contributed by atoms with van der Waals surface area (Å²) in [7, 11) is 0. The van der Waals surface area contributed by atoms with Crippen molar-refractivity contribution < 1.29 is 19.1 Å². The van der Waals surface area contributed by atoms with Crippen LogP contribution < -0.4 is 10.1 Å². The largest absolute Gasteiger partial charge is 0.494 e. The van der Waals surface area contributed by atoms with Crippen molar-refractivity contribution in [2.45, 2.75) is 6.92 Å². The van der Waals surface area contributed by atoms with Gasteiger partial charge in [-0.05, 0) is 19.1 Å². The van der Waals surface area contributed by atoms with Crippen molar-refractivity contribution in [3.63, 3.8) is 0 Å². The van der Waals surface area contributed by atoms with Gasteiger partial charge < -0.3 is 19.6 Å². The van der Waals surface area contributed by atoms with E-state index in [1.807, 2.05) is 19.1 Å². The lowest BCUT2D eigenvalue weighted by atomic mass is 10.3. The Morgan fingerprint density at radius 1 is 1.56 bits per heavy atom. The number of benzene rings is 1. The molecule has 0 unspecified atom stereocenters. The zero-order valence-electron chi connectivity index (χ0n) is 9.71. The number of hydrogen-bond donors (Lipinski definition) is 2. The fourth-order valence-corrected chi connectivity index (χ4v) is 1.38. The summed E-state index contributed by atoms with van der Waals surface area (Å²) in [5, 5.41) is 11.6. The van der Waals surface area contributed by atoms with E-state index in [9.17, 15) is 4.79 Å². The van der Waals surface area contributed by atoms with E-state index in [1.54, 1.807) is 12.1 Å². The van der Waals surface area contributed by atoms with E-state index in [4.69, 9.17) is 14.3 Å². The van der Waals surface area contributed by atoms with Gasteiger partial charge in [0.2, 0.25) is 0 Å². The van der Waals surface area contributed by atoms with Crippen molar-refractivity contribution >= 4 is 17.7 Å². The maximum Gasteiger partial charge on any atom is 0.357 e. The Hall–Kier alpha value is -2.50. The van der Waals surface area contributed by atoms with Crippen molar-refractivity contribution in [1.82, 2.24) is 4.98 Å². The van der Waals surface area contributed by atoms with Gasteiger partial charge in [-0.25, -0.2) is 4.79 Å². The van der Waals surface area contributed by atoms with Gasteiger partial charge in [-0.3, -0.25) is 0 Å². The number of aromatic nitrogens is 1. The number of ether oxygens (including phenoxy) is 1. The fraction of sp³-hybridized carbons (Fsp3) is 0.167. The summed E-state index contributed by atoms with van der Waals surface area (Å²) in [5.74, 6) is -0.414. The number of nitrogens with zero attached hydrogens (tertiary/aromatic N) is 1. The van der Waals surface area contributed by atoms with E-state index in [0.29, 0.717) is 18.0 Å². The van der Waals surface area contributed by atoms with E-state index < -0.39 is 5.97 Å². The van der Waals surface area contributed by atoms with Gasteiger partial charge in [-0.2, -0.15) is 4.98 Å². The summed E-state index contributed by atoms with van der Waals surface area (Å²) in [6.45, 7) is 2.47. The summed E-state index contributed by atoms with van der Waals surface area (Å²) in [4.78, 5) is 14.4. The highest BCUT2D eigenvalue weighted by molar-refractivity contribution is 5.85. The van der Waals surface area contributed by atoms with Crippen molar-refractivity contribution in [2.75, 3.05) is 11.9 Å². The minimum absolute atomic E-state index is 0.126. The highest BCUT2D eigenvalue weighted by Crippen LogP contribution is 2.21. The van der Waals surface area contributed by atoms with E-state index in [-0.39, 0.29) is 11.7 Å². The first kappa shape index (κ1) is 12.0. The molecule has 0 aliphatic heterocycles. The Morgan fingerprint density at radius 2 is 2.39 bits per heavy atom. The van der Waals surface area contributed by atoms with Gasteiger partial charge >= 0.3 is 5.97 Å². The Morgan fingerprint density at radius 3 is 3.06 bits per heavy atom. The topological polar surface area (TPSA) is 84.6 Å². The molecule has 6 heteroatoms. The lowest BCUT2D eigenvalue weighted by Gasteiger charge is -2.05. The summed E-state index contributed by atoms with van der Waals surface area (Å²) in [5.41, 5.74) is 0.568. The number of hydrogen-bond acceptors (Lipinski definition) is 5. The van der Waals surface area contributed by atoms with Crippen LogP contribution in [0.2, 0.25) is 0 Å². The van der Waals surface area contributed by atoms with E-state index >= 15 is 0 Å². The highest BCUT2D eigenvalue weighted by Gasteiger charge is 2.10. The van der Waals surface area contributed by atoms with Gasteiger partial charge in [-0.1, -0.05) is 6.07 Å². The van der Waals surface area contributed by atoms with Crippen LogP contribution in [0.25, 0.3) is 0 Å². The van der Waals surface area contributed by atoms with Gasteiger partial charge in [0, 0.05) is 11.8 Å². The molecule has 0 saturated carbocycles. The number of carboxylic acids is 1. The number of rotatable bonds is 5. The zero-order valence-corrected chi connectivity index (χ0v) is 9.71. The molecule has 94 valence electrons. The average molecular weight is 248 g/mol. The zero-order chi connectivity index (χ0) is 13.0. The molecule has 2 aromatic rings. The summed E-state index contributed by atoms with van der Waals surface area (Å²) in [6.07, 6.45) is 1.08. The van der Waals surface area contributed by atoms with E-state index in [2.05, 4.69) is 10.3 Å². The molecule has 2 N–H and O–H groups in total. The minimum Gasteiger partial charge on any atom is -0.494 e. The molecule has 0 radical (unpaired) electrons. The van der Waals surface area contributed by atoms with Crippen molar-refractivity contribution in [2.24, 2.45) is 0 Å². The second-order valence-corrected chi connectivity index (χ2v) is 3.43. The standard InChI is InChI=1S/C12H12N2O4/c1-2-17-9-5-3-4-8(6-9)13-12-14-10(7-18-12)11(15)16/h3-7H,2H2,1H3,(H,13,14)(H,15,16). The molecule has 0 amide bonds. The average Bonchev–Trinajstić information content (AvgIpc) is 2.78. The van der Waals surface area contributed by atoms with Crippen LogP contribution in [0.3, 0.4) is 0 Å². The lowest BCUT2D eigenvalue weighted by Crippen LogP contribution is -1.97. The number of oxazole rings is 1. The monoisotopic (exact) mass is 248 g/mol.